The smallest absolute Gasteiger partial charge is 0.315 e. The van der Waals surface area contributed by atoms with E-state index in [2.05, 4.69) is 57.8 Å². The summed E-state index contributed by atoms with van der Waals surface area (Å²) in [7, 11) is 2.17. The van der Waals surface area contributed by atoms with Gasteiger partial charge in [-0.3, -0.25) is 0 Å². The average molecular weight is 374 g/mol. The molecule has 2 heterocycles. The SMILES string of the molecule is CN1CCC(CNc2nnc(CN)o2)(c2ccccc2)CC1.Cl.Cl. The molecule has 3 rings (SSSR count). The fourth-order valence-electron chi connectivity index (χ4n) is 3.06. The third-order valence-electron chi connectivity index (χ3n) is 4.55. The van der Waals surface area contributed by atoms with E-state index in [9.17, 15) is 0 Å². The molecule has 24 heavy (non-hydrogen) atoms. The molecule has 8 heteroatoms. The molecule has 0 radical (unpaired) electrons. The second kappa shape index (κ2) is 9.22. The second-order valence-electron chi connectivity index (χ2n) is 6.01. The Morgan fingerprint density at radius 2 is 1.83 bits per heavy atom. The van der Waals surface area contributed by atoms with Crippen molar-refractivity contribution in [3.8, 4) is 0 Å². The van der Waals surface area contributed by atoms with Gasteiger partial charge < -0.3 is 20.4 Å². The lowest BCUT2D eigenvalue weighted by molar-refractivity contribution is 0.194. The zero-order valence-electron chi connectivity index (χ0n) is 13.8. The Kier molecular flexibility index (Phi) is 7.96. The number of anilines is 1. The van der Waals surface area contributed by atoms with Crippen molar-refractivity contribution in [2.24, 2.45) is 5.73 Å². The molecule has 1 saturated heterocycles. The minimum absolute atomic E-state index is 0. The van der Waals surface area contributed by atoms with Crippen LogP contribution >= 0.6 is 24.8 Å². The number of hydrogen-bond donors (Lipinski definition) is 2. The van der Waals surface area contributed by atoms with Crippen LogP contribution in [0.2, 0.25) is 0 Å². The molecule has 0 aliphatic carbocycles. The van der Waals surface area contributed by atoms with Crippen molar-refractivity contribution in [1.82, 2.24) is 15.1 Å². The third kappa shape index (κ3) is 4.60. The number of rotatable bonds is 5. The van der Waals surface area contributed by atoms with Crippen molar-refractivity contribution in [1.29, 1.82) is 0 Å². The summed E-state index contributed by atoms with van der Waals surface area (Å²) in [4.78, 5) is 2.38. The van der Waals surface area contributed by atoms with Crippen LogP contribution in [0.1, 0.15) is 24.3 Å². The molecule has 1 aliphatic rings. The first kappa shape index (κ1) is 20.7. The predicted octanol–water partition coefficient (Wildman–Crippen LogP) is 2.45. The summed E-state index contributed by atoms with van der Waals surface area (Å²) >= 11 is 0. The molecule has 1 aliphatic heterocycles. The maximum Gasteiger partial charge on any atom is 0.315 e. The van der Waals surface area contributed by atoms with Crippen LogP contribution in [0.25, 0.3) is 0 Å². The summed E-state index contributed by atoms with van der Waals surface area (Å²) in [6.45, 7) is 3.24. The van der Waals surface area contributed by atoms with Crippen LogP contribution in [0.3, 0.4) is 0 Å². The minimum Gasteiger partial charge on any atom is -0.407 e. The van der Waals surface area contributed by atoms with Gasteiger partial charge in [-0.25, -0.2) is 0 Å². The summed E-state index contributed by atoms with van der Waals surface area (Å²) in [6.07, 6.45) is 2.22. The van der Waals surface area contributed by atoms with E-state index in [1.807, 2.05) is 0 Å². The molecule has 1 aromatic heterocycles. The van der Waals surface area contributed by atoms with Crippen LogP contribution in [0.15, 0.2) is 34.7 Å². The molecule has 0 saturated carbocycles. The van der Waals surface area contributed by atoms with Crippen molar-refractivity contribution in [2.75, 3.05) is 32.0 Å². The maximum absolute atomic E-state index is 5.50. The van der Waals surface area contributed by atoms with Crippen LogP contribution in [0.5, 0.6) is 0 Å². The zero-order chi connectivity index (χ0) is 15.4. The Balaban J connectivity index is 0.00000144. The third-order valence-corrected chi connectivity index (χ3v) is 4.55. The van der Waals surface area contributed by atoms with Gasteiger partial charge in [0.25, 0.3) is 0 Å². The molecule has 0 bridgehead atoms. The van der Waals surface area contributed by atoms with E-state index in [1.54, 1.807) is 0 Å². The number of nitrogens with zero attached hydrogens (tertiary/aromatic N) is 3. The van der Waals surface area contributed by atoms with Crippen LogP contribution in [-0.2, 0) is 12.0 Å². The summed E-state index contributed by atoms with van der Waals surface area (Å²) in [5, 5.41) is 11.2. The van der Waals surface area contributed by atoms with Crippen molar-refractivity contribution in [3.05, 3.63) is 41.8 Å². The fraction of sp³-hybridized carbons (Fsp3) is 0.500. The number of piperidine rings is 1. The van der Waals surface area contributed by atoms with Gasteiger partial charge in [-0.2, -0.15) is 0 Å². The summed E-state index contributed by atoms with van der Waals surface area (Å²) in [5.74, 6) is 0.458. The van der Waals surface area contributed by atoms with E-state index >= 15 is 0 Å². The monoisotopic (exact) mass is 373 g/mol. The lowest BCUT2D eigenvalue weighted by Gasteiger charge is -2.41. The number of aromatic nitrogens is 2. The van der Waals surface area contributed by atoms with Gasteiger partial charge in [-0.15, -0.1) is 29.9 Å². The van der Waals surface area contributed by atoms with Crippen LogP contribution in [-0.4, -0.2) is 41.8 Å². The van der Waals surface area contributed by atoms with Crippen molar-refractivity contribution in [2.45, 2.75) is 24.8 Å². The van der Waals surface area contributed by atoms with E-state index in [-0.39, 0.29) is 36.8 Å². The van der Waals surface area contributed by atoms with E-state index < -0.39 is 0 Å². The number of nitrogens with one attached hydrogen (secondary N) is 1. The summed E-state index contributed by atoms with van der Waals surface area (Å²) < 4.78 is 5.46. The van der Waals surface area contributed by atoms with Crippen LogP contribution in [0, 0.1) is 0 Å². The Morgan fingerprint density at radius 1 is 1.17 bits per heavy atom. The molecule has 1 fully saturated rings. The topological polar surface area (TPSA) is 80.2 Å². The first-order valence-corrected chi connectivity index (χ1v) is 7.72. The van der Waals surface area contributed by atoms with Crippen LogP contribution < -0.4 is 11.1 Å². The quantitative estimate of drug-likeness (QED) is 0.837. The molecule has 0 spiro atoms. The standard InChI is InChI=1S/C16H23N5O.2ClH/c1-21-9-7-16(8-10-21,13-5-3-2-4-6-13)12-18-15-20-19-14(11-17)22-15;;/h2-6H,7-12,17H2,1H3,(H,18,20);2*1H. The second-order valence-corrected chi connectivity index (χ2v) is 6.01. The van der Waals surface area contributed by atoms with Gasteiger partial charge in [0.15, 0.2) is 0 Å². The van der Waals surface area contributed by atoms with E-state index in [4.69, 9.17) is 10.2 Å². The van der Waals surface area contributed by atoms with Crippen molar-refractivity contribution >= 4 is 30.8 Å². The predicted molar refractivity (Wildman–Crippen MR) is 100 cm³/mol. The van der Waals surface area contributed by atoms with E-state index in [0.29, 0.717) is 11.9 Å². The lowest BCUT2D eigenvalue weighted by atomic mass is 9.73. The fourth-order valence-corrected chi connectivity index (χ4v) is 3.06. The highest BCUT2D eigenvalue weighted by atomic mass is 35.5. The van der Waals surface area contributed by atoms with Gasteiger partial charge in [-0.05, 0) is 38.5 Å². The number of likely N-dealkylation sites (tertiary alicyclic amines) is 1. The van der Waals surface area contributed by atoms with E-state index in [1.165, 1.54) is 5.56 Å². The maximum atomic E-state index is 5.50. The van der Waals surface area contributed by atoms with Gasteiger partial charge in [0, 0.05) is 12.0 Å². The Hall–Kier alpha value is -1.34. The molecule has 6 nitrogen and oxygen atoms in total. The molecular weight excluding hydrogens is 349 g/mol. The van der Waals surface area contributed by atoms with Gasteiger partial charge in [0.2, 0.25) is 5.89 Å². The number of halogens is 2. The van der Waals surface area contributed by atoms with Crippen molar-refractivity contribution in [3.63, 3.8) is 0 Å². The number of nitrogens with two attached hydrogens (primary N) is 1. The molecule has 3 N–H and O–H groups in total. The van der Waals surface area contributed by atoms with Gasteiger partial charge in [0.05, 0.1) is 6.54 Å². The van der Waals surface area contributed by atoms with Gasteiger partial charge in [-0.1, -0.05) is 35.4 Å². The summed E-state index contributed by atoms with van der Waals surface area (Å²) in [6, 6.07) is 11.2. The van der Waals surface area contributed by atoms with Gasteiger partial charge in [0.1, 0.15) is 0 Å². The Labute approximate surface area is 155 Å². The van der Waals surface area contributed by atoms with E-state index in [0.717, 1.165) is 32.5 Å². The first-order chi connectivity index (χ1) is 10.7. The lowest BCUT2D eigenvalue weighted by Crippen LogP contribution is -2.45. The normalized spacial score (nSPS) is 16.8. The molecule has 0 unspecified atom stereocenters. The number of hydrogen-bond acceptors (Lipinski definition) is 6. The average Bonchev–Trinajstić information content (AvgIpc) is 3.04. The minimum atomic E-state index is 0. The summed E-state index contributed by atoms with van der Waals surface area (Å²) in [5.41, 5.74) is 6.98. The molecule has 2 aromatic rings. The number of benzene rings is 1. The molecule has 0 atom stereocenters. The highest BCUT2D eigenvalue weighted by molar-refractivity contribution is 5.85. The van der Waals surface area contributed by atoms with Crippen LogP contribution in [0.4, 0.5) is 6.01 Å². The van der Waals surface area contributed by atoms with Crippen molar-refractivity contribution < 1.29 is 4.42 Å². The molecular formula is C16H25Cl2N5O. The zero-order valence-corrected chi connectivity index (χ0v) is 15.4. The first-order valence-electron chi connectivity index (χ1n) is 7.72. The Morgan fingerprint density at radius 3 is 2.42 bits per heavy atom. The Bertz CT molecular complexity index is 600. The van der Waals surface area contributed by atoms with Gasteiger partial charge >= 0.3 is 6.01 Å². The largest absolute Gasteiger partial charge is 0.407 e. The molecule has 134 valence electrons. The highest BCUT2D eigenvalue weighted by Crippen LogP contribution is 2.35. The molecule has 1 aromatic carbocycles. The molecule has 0 amide bonds. The highest BCUT2D eigenvalue weighted by Gasteiger charge is 2.35.